The summed E-state index contributed by atoms with van der Waals surface area (Å²) in [5.41, 5.74) is 1.90. The molecule has 100 valence electrons. The van der Waals surface area contributed by atoms with Crippen molar-refractivity contribution in [1.29, 1.82) is 0 Å². The number of ether oxygens (including phenoxy) is 1. The summed E-state index contributed by atoms with van der Waals surface area (Å²) in [5, 5.41) is 2.88. The van der Waals surface area contributed by atoms with Gasteiger partial charge < -0.3 is 15.0 Å². The highest BCUT2D eigenvalue weighted by Crippen LogP contribution is 2.28. The Morgan fingerprint density at radius 1 is 1.47 bits per heavy atom. The largest absolute Gasteiger partial charge is 0.493 e. The molecule has 2 aliphatic heterocycles. The molecule has 0 radical (unpaired) electrons. The molecule has 1 atom stereocenters. The Labute approximate surface area is 111 Å². The number of nitrogens with one attached hydrogen (secondary N) is 1. The summed E-state index contributed by atoms with van der Waals surface area (Å²) >= 11 is 0. The minimum atomic E-state index is -0.248. The molecule has 19 heavy (non-hydrogen) atoms. The van der Waals surface area contributed by atoms with Crippen LogP contribution >= 0.6 is 0 Å². The van der Waals surface area contributed by atoms with Crippen LogP contribution in [0.1, 0.15) is 12.0 Å². The van der Waals surface area contributed by atoms with Crippen LogP contribution < -0.4 is 10.1 Å². The van der Waals surface area contributed by atoms with Crippen molar-refractivity contribution >= 4 is 17.5 Å². The van der Waals surface area contributed by atoms with Crippen molar-refractivity contribution in [2.45, 2.75) is 12.8 Å². The third kappa shape index (κ3) is 2.28. The molecule has 0 bridgehead atoms. The topological polar surface area (TPSA) is 58.6 Å². The number of fused-ring (bicyclic) bond motifs is 1. The average molecular weight is 260 g/mol. The highest BCUT2D eigenvalue weighted by molar-refractivity contribution is 5.97. The molecule has 0 saturated carbocycles. The molecule has 3 rings (SSSR count). The van der Waals surface area contributed by atoms with E-state index in [4.69, 9.17) is 4.74 Å². The molecule has 1 N–H and O–H groups in total. The van der Waals surface area contributed by atoms with E-state index < -0.39 is 0 Å². The van der Waals surface area contributed by atoms with Crippen LogP contribution in [0.15, 0.2) is 18.2 Å². The van der Waals surface area contributed by atoms with E-state index in [2.05, 4.69) is 5.32 Å². The number of carbonyl (C=O) groups is 2. The lowest BCUT2D eigenvalue weighted by molar-refractivity contribution is -0.127. The molecule has 2 amide bonds. The molecule has 0 unspecified atom stereocenters. The quantitative estimate of drug-likeness (QED) is 0.864. The van der Waals surface area contributed by atoms with E-state index in [1.807, 2.05) is 18.2 Å². The van der Waals surface area contributed by atoms with Gasteiger partial charge in [-0.3, -0.25) is 9.59 Å². The van der Waals surface area contributed by atoms with Crippen LogP contribution in [0.4, 0.5) is 5.69 Å². The first-order valence-corrected chi connectivity index (χ1v) is 6.44. The first kappa shape index (κ1) is 12.0. The lowest BCUT2D eigenvalue weighted by Gasteiger charge is -2.11. The van der Waals surface area contributed by atoms with Gasteiger partial charge in [-0.25, -0.2) is 0 Å². The maximum atomic E-state index is 12.1. The van der Waals surface area contributed by atoms with Crippen LogP contribution in [-0.2, 0) is 16.0 Å². The predicted molar refractivity (Wildman–Crippen MR) is 70.0 cm³/mol. The third-order valence-corrected chi connectivity index (χ3v) is 3.67. The summed E-state index contributed by atoms with van der Waals surface area (Å²) in [7, 11) is 1.72. The van der Waals surface area contributed by atoms with Crippen molar-refractivity contribution in [3.05, 3.63) is 23.8 Å². The van der Waals surface area contributed by atoms with Crippen molar-refractivity contribution in [2.24, 2.45) is 5.92 Å². The van der Waals surface area contributed by atoms with E-state index in [-0.39, 0.29) is 17.7 Å². The molecule has 1 aromatic carbocycles. The number of rotatable bonds is 2. The van der Waals surface area contributed by atoms with Crippen LogP contribution in [-0.4, -0.2) is 36.9 Å². The summed E-state index contributed by atoms with van der Waals surface area (Å²) in [5.74, 6) is 0.592. The maximum Gasteiger partial charge on any atom is 0.229 e. The predicted octanol–water partition coefficient (Wildman–Crippen LogP) is 1.04. The minimum Gasteiger partial charge on any atom is -0.493 e. The van der Waals surface area contributed by atoms with Crippen LogP contribution in [0.5, 0.6) is 5.75 Å². The second kappa shape index (κ2) is 4.57. The molecule has 0 spiro atoms. The fourth-order valence-electron chi connectivity index (χ4n) is 2.55. The molecule has 5 nitrogen and oxygen atoms in total. The van der Waals surface area contributed by atoms with E-state index in [9.17, 15) is 9.59 Å². The van der Waals surface area contributed by atoms with Crippen molar-refractivity contribution in [3.63, 3.8) is 0 Å². The molecule has 1 fully saturated rings. The van der Waals surface area contributed by atoms with E-state index in [1.54, 1.807) is 11.9 Å². The molecule has 0 aromatic heterocycles. The SMILES string of the molecule is CN1C[C@@H](C(=O)Nc2ccc3c(c2)CCO3)CC1=O. The van der Waals surface area contributed by atoms with Crippen molar-refractivity contribution in [2.75, 3.05) is 25.5 Å². The molecule has 5 heteroatoms. The first-order chi connectivity index (χ1) is 9.13. The van der Waals surface area contributed by atoms with Gasteiger partial charge in [0.05, 0.1) is 12.5 Å². The van der Waals surface area contributed by atoms with E-state index in [0.717, 1.165) is 23.4 Å². The third-order valence-electron chi connectivity index (χ3n) is 3.67. The Balaban J connectivity index is 1.68. The van der Waals surface area contributed by atoms with Gasteiger partial charge in [0.2, 0.25) is 11.8 Å². The van der Waals surface area contributed by atoms with Gasteiger partial charge in [0.25, 0.3) is 0 Å². The van der Waals surface area contributed by atoms with Crippen LogP contribution in [0.3, 0.4) is 0 Å². The highest BCUT2D eigenvalue weighted by Gasteiger charge is 2.32. The lowest BCUT2D eigenvalue weighted by Crippen LogP contribution is -2.25. The smallest absolute Gasteiger partial charge is 0.229 e. The number of carbonyl (C=O) groups excluding carboxylic acids is 2. The number of amides is 2. The van der Waals surface area contributed by atoms with Crippen LogP contribution in [0, 0.1) is 5.92 Å². The number of likely N-dealkylation sites (tertiary alicyclic amines) is 1. The summed E-state index contributed by atoms with van der Waals surface area (Å²) in [6, 6.07) is 5.66. The van der Waals surface area contributed by atoms with Crippen molar-refractivity contribution < 1.29 is 14.3 Å². The fourth-order valence-corrected chi connectivity index (χ4v) is 2.55. The van der Waals surface area contributed by atoms with Gasteiger partial charge in [-0.05, 0) is 23.8 Å². The summed E-state index contributed by atoms with van der Waals surface area (Å²) in [4.78, 5) is 25.1. The zero-order chi connectivity index (χ0) is 13.4. The lowest BCUT2D eigenvalue weighted by atomic mass is 10.1. The Morgan fingerprint density at radius 3 is 3.05 bits per heavy atom. The Morgan fingerprint density at radius 2 is 2.32 bits per heavy atom. The maximum absolute atomic E-state index is 12.1. The Kier molecular flexibility index (Phi) is 2.89. The second-order valence-electron chi connectivity index (χ2n) is 5.09. The summed E-state index contributed by atoms with van der Waals surface area (Å²) in [6.45, 7) is 1.20. The molecule has 0 aliphatic carbocycles. The van der Waals surface area contributed by atoms with Crippen LogP contribution in [0.25, 0.3) is 0 Å². The Bertz CT molecular complexity index is 541. The number of hydrogen-bond donors (Lipinski definition) is 1. The van der Waals surface area contributed by atoms with Gasteiger partial charge in [0.15, 0.2) is 0 Å². The molecular weight excluding hydrogens is 244 g/mol. The number of hydrogen-bond acceptors (Lipinski definition) is 3. The average Bonchev–Trinajstić information content (AvgIpc) is 2.96. The van der Waals surface area contributed by atoms with Gasteiger partial charge in [0, 0.05) is 32.1 Å². The molecule has 1 aromatic rings. The van der Waals surface area contributed by atoms with Gasteiger partial charge >= 0.3 is 0 Å². The zero-order valence-electron chi connectivity index (χ0n) is 10.8. The van der Waals surface area contributed by atoms with E-state index >= 15 is 0 Å². The monoisotopic (exact) mass is 260 g/mol. The highest BCUT2D eigenvalue weighted by atomic mass is 16.5. The summed E-state index contributed by atoms with van der Waals surface area (Å²) in [6.07, 6.45) is 1.18. The second-order valence-corrected chi connectivity index (χ2v) is 5.09. The molecule has 2 heterocycles. The van der Waals surface area contributed by atoms with E-state index in [0.29, 0.717) is 19.6 Å². The minimum absolute atomic E-state index is 0.0301. The normalized spacial score (nSPS) is 21.2. The van der Waals surface area contributed by atoms with Crippen molar-refractivity contribution in [3.8, 4) is 5.75 Å². The summed E-state index contributed by atoms with van der Waals surface area (Å²) < 4.78 is 5.42. The number of benzene rings is 1. The number of anilines is 1. The fraction of sp³-hybridized carbons (Fsp3) is 0.429. The van der Waals surface area contributed by atoms with Gasteiger partial charge in [-0.1, -0.05) is 0 Å². The molecule has 1 saturated heterocycles. The standard InChI is InChI=1S/C14H16N2O3/c1-16-8-10(7-13(16)17)14(18)15-11-2-3-12-9(6-11)4-5-19-12/h2-3,6,10H,4-5,7-8H2,1H3,(H,15,18)/t10-/m0/s1. The molecular formula is C14H16N2O3. The molecule has 2 aliphatic rings. The van der Waals surface area contributed by atoms with Gasteiger partial charge in [0.1, 0.15) is 5.75 Å². The van der Waals surface area contributed by atoms with Crippen LogP contribution in [0.2, 0.25) is 0 Å². The number of nitrogens with zero attached hydrogens (tertiary/aromatic N) is 1. The first-order valence-electron chi connectivity index (χ1n) is 6.44. The van der Waals surface area contributed by atoms with Gasteiger partial charge in [-0.2, -0.15) is 0 Å². The van der Waals surface area contributed by atoms with Gasteiger partial charge in [-0.15, -0.1) is 0 Å². The zero-order valence-corrected chi connectivity index (χ0v) is 10.8. The van der Waals surface area contributed by atoms with E-state index in [1.165, 1.54) is 0 Å². The Hall–Kier alpha value is -2.04. The van der Waals surface area contributed by atoms with Crippen molar-refractivity contribution in [1.82, 2.24) is 4.90 Å².